The van der Waals surface area contributed by atoms with Gasteiger partial charge in [0.05, 0.1) is 0 Å². The second kappa shape index (κ2) is 7.76. The number of hydrogen-bond donors (Lipinski definition) is 2. The summed E-state index contributed by atoms with van der Waals surface area (Å²) in [5.41, 5.74) is 0.928. The standard InChI is InChI=1S/C15H18N4O2S2/c20-8-6-12-10-22-9-7-19(12)15(21)17-14-16-13(18-23-14)11-4-2-1-3-5-11/h1-5,12,20H,6-10H2,(H,16,17,18,21)/t12-/m1/s1. The highest BCUT2D eigenvalue weighted by Gasteiger charge is 2.27. The zero-order chi connectivity index (χ0) is 16.1. The number of aliphatic hydroxyl groups is 1. The number of anilines is 1. The van der Waals surface area contributed by atoms with E-state index < -0.39 is 0 Å². The topological polar surface area (TPSA) is 78.4 Å². The third-order valence-electron chi connectivity index (χ3n) is 3.62. The average molecular weight is 350 g/mol. The normalized spacial score (nSPS) is 18.0. The number of urea groups is 1. The number of aromatic nitrogens is 2. The Morgan fingerprint density at radius 2 is 2.22 bits per heavy atom. The minimum absolute atomic E-state index is 0.0697. The molecule has 0 radical (unpaired) electrons. The summed E-state index contributed by atoms with van der Waals surface area (Å²) in [6.07, 6.45) is 0.603. The van der Waals surface area contributed by atoms with Gasteiger partial charge in [0.25, 0.3) is 0 Å². The molecule has 3 rings (SSSR count). The summed E-state index contributed by atoms with van der Waals surface area (Å²) in [6.45, 7) is 0.775. The van der Waals surface area contributed by atoms with Crippen LogP contribution in [0.5, 0.6) is 0 Å². The van der Waals surface area contributed by atoms with E-state index in [9.17, 15) is 4.79 Å². The smallest absolute Gasteiger partial charge is 0.323 e. The van der Waals surface area contributed by atoms with Crippen molar-refractivity contribution in [3.63, 3.8) is 0 Å². The van der Waals surface area contributed by atoms with Crippen molar-refractivity contribution in [3.05, 3.63) is 30.3 Å². The van der Waals surface area contributed by atoms with E-state index in [0.717, 1.165) is 17.1 Å². The summed E-state index contributed by atoms with van der Waals surface area (Å²) in [5, 5.41) is 12.5. The van der Waals surface area contributed by atoms with Crippen molar-refractivity contribution in [2.24, 2.45) is 0 Å². The number of benzene rings is 1. The summed E-state index contributed by atoms with van der Waals surface area (Å²) < 4.78 is 4.29. The number of aliphatic hydroxyl groups excluding tert-OH is 1. The molecule has 2 heterocycles. The van der Waals surface area contributed by atoms with E-state index in [4.69, 9.17) is 5.11 Å². The van der Waals surface area contributed by atoms with Gasteiger partial charge in [0.1, 0.15) is 0 Å². The lowest BCUT2D eigenvalue weighted by Gasteiger charge is -2.34. The van der Waals surface area contributed by atoms with Crippen molar-refractivity contribution in [1.29, 1.82) is 0 Å². The maximum Gasteiger partial charge on any atom is 0.323 e. The highest BCUT2D eigenvalue weighted by Crippen LogP contribution is 2.23. The molecule has 1 fully saturated rings. The molecular formula is C15H18N4O2S2. The number of hydrogen-bond acceptors (Lipinski definition) is 6. The van der Waals surface area contributed by atoms with Gasteiger partial charge in [0.2, 0.25) is 5.13 Å². The van der Waals surface area contributed by atoms with Crippen LogP contribution in [0.1, 0.15) is 6.42 Å². The van der Waals surface area contributed by atoms with Gasteiger partial charge >= 0.3 is 6.03 Å². The Hall–Kier alpha value is -1.64. The Bertz CT molecular complexity index is 648. The molecule has 23 heavy (non-hydrogen) atoms. The van der Waals surface area contributed by atoms with Gasteiger partial charge < -0.3 is 10.0 Å². The van der Waals surface area contributed by atoms with Crippen LogP contribution in [0.25, 0.3) is 11.4 Å². The van der Waals surface area contributed by atoms with Crippen molar-refractivity contribution < 1.29 is 9.90 Å². The molecule has 0 bridgehead atoms. The van der Waals surface area contributed by atoms with Gasteiger partial charge in [0, 0.05) is 47.8 Å². The molecular weight excluding hydrogens is 332 g/mol. The molecule has 1 aromatic carbocycles. The summed E-state index contributed by atoms with van der Waals surface area (Å²) in [4.78, 5) is 18.6. The SMILES string of the molecule is O=C(Nc1nc(-c2ccccc2)ns1)N1CCSC[C@H]1CCO. The maximum atomic E-state index is 12.5. The summed E-state index contributed by atoms with van der Waals surface area (Å²) in [7, 11) is 0. The highest BCUT2D eigenvalue weighted by atomic mass is 32.2. The third kappa shape index (κ3) is 4.01. The molecule has 0 spiro atoms. The first kappa shape index (κ1) is 16.2. The van der Waals surface area contributed by atoms with Crippen LogP contribution >= 0.6 is 23.3 Å². The number of carbonyl (C=O) groups excluding carboxylic acids is 1. The van der Waals surface area contributed by atoms with Gasteiger partial charge in [-0.1, -0.05) is 30.3 Å². The van der Waals surface area contributed by atoms with E-state index in [0.29, 0.717) is 23.9 Å². The molecule has 122 valence electrons. The molecule has 1 aromatic heterocycles. The van der Waals surface area contributed by atoms with Crippen LogP contribution in [0.15, 0.2) is 30.3 Å². The van der Waals surface area contributed by atoms with Crippen LogP contribution in [-0.4, -0.2) is 56.1 Å². The fourth-order valence-electron chi connectivity index (χ4n) is 2.45. The summed E-state index contributed by atoms with van der Waals surface area (Å²) in [6, 6.07) is 9.58. The van der Waals surface area contributed by atoms with E-state index in [-0.39, 0.29) is 18.7 Å². The molecule has 0 aliphatic carbocycles. The van der Waals surface area contributed by atoms with Crippen molar-refractivity contribution in [3.8, 4) is 11.4 Å². The molecule has 2 aromatic rings. The van der Waals surface area contributed by atoms with E-state index >= 15 is 0 Å². The Labute approximate surface area is 143 Å². The van der Waals surface area contributed by atoms with Crippen LogP contribution in [0, 0.1) is 0 Å². The van der Waals surface area contributed by atoms with Gasteiger partial charge in [-0.2, -0.15) is 21.1 Å². The first-order chi connectivity index (χ1) is 11.3. The second-order valence-electron chi connectivity index (χ2n) is 5.15. The highest BCUT2D eigenvalue weighted by molar-refractivity contribution is 7.99. The fraction of sp³-hybridized carbons (Fsp3) is 0.400. The number of rotatable bonds is 4. The van der Waals surface area contributed by atoms with Gasteiger partial charge in [-0.25, -0.2) is 4.79 Å². The Morgan fingerprint density at radius 1 is 1.39 bits per heavy atom. The Kier molecular flexibility index (Phi) is 5.47. The zero-order valence-electron chi connectivity index (χ0n) is 12.5. The maximum absolute atomic E-state index is 12.5. The monoisotopic (exact) mass is 350 g/mol. The number of carbonyl (C=O) groups is 1. The lowest BCUT2D eigenvalue weighted by molar-refractivity contribution is 0.177. The predicted octanol–water partition coefficient (Wildman–Crippen LogP) is 2.54. The number of thioether (sulfide) groups is 1. The first-order valence-electron chi connectivity index (χ1n) is 7.43. The molecule has 1 aliphatic rings. The molecule has 2 N–H and O–H groups in total. The van der Waals surface area contributed by atoms with Crippen LogP contribution in [0.4, 0.5) is 9.93 Å². The first-order valence-corrected chi connectivity index (χ1v) is 9.36. The summed E-state index contributed by atoms with van der Waals surface area (Å²) >= 11 is 2.99. The van der Waals surface area contributed by atoms with Crippen molar-refractivity contribution in [2.75, 3.05) is 30.0 Å². The van der Waals surface area contributed by atoms with Gasteiger partial charge in [-0.05, 0) is 6.42 Å². The lowest BCUT2D eigenvalue weighted by atomic mass is 10.2. The molecule has 1 aliphatic heterocycles. The molecule has 1 atom stereocenters. The second-order valence-corrected chi connectivity index (χ2v) is 7.06. The molecule has 6 nitrogen and oxygen atoms in total. The molecule has 0 saturated carbocycles. The number of amides is 2. The summed E-state index contributed by atoms with van der Waals surface area (Å²) in [5.74, 6) is 2.40. The number of nitrogens with zero attached hydrogens (tertiary/aromatic N) is 3. The fourth-order valence-corrected chi connectivity index (χ4v) is 4.14. The number of nitrogens with one attached hydrogen (secondary N) is 1. The van der Waals surface area contributed by atoms with E-state index in [1.165, 1.54) is 11.5 Å². The average Bonchev–Trinajstić information content (AvgIpc) is 3.05. The quantitative estimate of drug-likeness (QED) is 0.886. The van der Waals surface area contributed by atoms with Crippen LogP contribution in [0.3, 0.4) is 0 Å². The lowest BCUT2D eigenvalue weighted by Crippen LogP contribution is -2.48. The van der Waals surface area contributed by atoms with Gasteiger partial charge in [0.15, 0.2) is 5.82 Å². The van der Waals surface area contributed by atoms with Crippen LogP contribution in [-0.2, 0) is 0 Å². The van der Waals surface area contributed by atoms with Crippen LogP contribution < -0.4 is 5.32 Å². The largest absolute Gasteiger partial charge is 0.396 e. The molecule has 8 heteroatoms. The van der Waals surface area contributed by atoms with E-state index in [2.05, 4.69) is 14.7 Å². The van der Waals surface area contributed by atoms with Gasteiger partial charge in [-0.15, -0.1) is 0 Å². The zero-order valence-corrected chi connectivity index (χ0v) is 14.1. The molecule has 2 amide bonds. The van der Waals surface area contributed by atoms with Crippen molar-refractivity contribution >= 4 is 34.5 Å². The van der Waals surface area contributed by atoms with E-state index in [1.54, 1.807) is 4.90 Å². The minimum Gasteiger partial charge on any atom is -0.396 e. The third-order valence-corrected chi connectivity index (χ3v) is 5.34. The van der Waals surface area contributed by atoms with Crippen molar-refractivity contribution in [1.82, 2.24) is 14.3 Å². The Balaban J connectivity index is 1.67. The van der Waals surface area contributed by atoms with Gasteiger partial charge in [-0.3, -0.25) is 5.32 Å². The van der Waals surface area contributed by atoms with E-state index in [1.807, 2.05) is 42.1 Å². The minimum atomic E-state index is -0.167. The predicted molar refractivity (Wildman–Crippen MR) is 93.9 cm³/mol. The molecule has 1 saturated heterocycles. The van der Waals surface area contributed by atoms with Crippen molar-refractivity contribution in [2.45, 2.75) is 12.5 Å². The molecule has 0 unspecified atom stereocenters. The Morgan fingerprint density at radius 3 is 3.00 bits per heavy atom. The van der Waals surface area contributed by atoms with Crippen LogP contribution in [0.2, 0.25) is 0 Å².